The second-order valence-electron chi connectivity index (χ2n) is 12.6. The highest BCUT2D eigenvalue weighted by atomic mass is 32.2. The minimum Gasteiger partial charge on any atom is -0.392 e. The highest BCUT2D eigenvalue weighted by Crippen LogP contribution is 2.55. The number of ether oxygens (including phenoxy) is 2. The molecule has 0 spiro atoms. The average molecular weight is 591 g/mol. The van der Waals surface area contributed by atoms with Crippen LogP contribution in [0.25, 0.3) is 0 Å². The van der Waals surface area contributed by atoms with E-state index < -0.39 is 6.29 Å². The summed E-state index contributed by atoms with van der Waals surface area (Å²) >= 11 is 1.55. The number of carbonyl (C=O) groups is 1. The van der Waals surface area contributed by atoms with E-state index in [9.17, 15) is 9.90 Å². The maximum Gasteiger partial charge on any atom is 0.319 e. The van der Waals surface area contributed by atoms with Gasteiger partial charge in [-0.3, -0.25) is 0 Å². The first kappa shape index (κ1) is 27.8. The minimum absolute atomic E-state index is 0.00122. The van der Waals surface area contributed by atoms with Gasteiger partial charge in [0.05, 0.1) is 18.8 Å². The number of carbonyl (C=O) groups excluding carboxylic acids is 1. The Bertz CT molecular complexity index is 1380. The molecule has 1 aromatic heterocycles. The van der Waals surface area contributed by atoms with Crippen molar-refractivity contribution in [2.45, 2.75) is 80.7 Å². The summed E-state index contributed by atoms with van der Waals surface area (Å²) in [5, 5.41) is 28.5. The van der Waals surface area contributed by atoms with Crippen LogP contribution in [0.15, 0.2) is 53.7 Å². The van der Waals surface area contributed by atoms with Gasteiger partial charge in [-0.25, -0.2) is 9.48 Å². The highest BCUT2D eigenvalue weighted by molar-refractivity contribution is 7.99. The monoisotopic (exact) mass is 590 g/mol. The van der Waals surface area contributed by atoms with E-state index >= 15 is 0 Å². The summed E-state index contributed by atoms with van der Waals surface area (Å²) in [7, 11) is 1.82. The van der Waals surface area contributed by atoms with E-state index in [2.05, 4.69) is 26.2 Å². The lowest BCUT2D eigenvalue weighted by Crippen LogP contribution is -2.60. The molecule has 2 amide bonds. The van der Waals surface area contributed by atoms with Crippen molar-refractivity contribution < 1.29 is 19.4 Å². The molecule has 5 fully saturated rings. The van der Waals surface area contributed by atoms with Crippen LogP contribution in [0.1, 0.15) is 74.0 Å². The topological polar surface area (TPSA) is 123 Å². The van der Waals surface area contributed by atoms with Gasteiger partial charge in [0, 0.05) is 36.0 Å². The first-order valence-corrected chi connectivity index (χ1v) is 16.0. The summed E-state index contributed by atoms with van der Waals surface area (Å²) in [6.07, 6.45) is 7.09. The molecule has 4 saturated carbocycles. The van der Waals surface area contributed by atoms with Crippen molar-refractivity contribution in [2.75, 3.05) is 11.1 Å². The average Bonchev–Trinajstić information content (AvgIpc) is 3.39. The summed E-state index contributed by atoms with van der Waals surface area (Å²) in [5.41, 5.74) is 3.39. The van der Waals surface area contributed by atoms with Crippen LogP contribution >= 0.6 is 11.8 Å². The molecule has 4 aliphatic carbocycles. The number of thioether (sulfide) groups is 1. The third-order valence-electron chi connectivity index (χ3n) is 9.43. The maximum atomic E-state index is 13.2. The van der Waals surface area contributed by atoms with E-state index in [1.165, 1.54) is 19.3 Å². The van der Waals surface area contributed by atoms with Crippen molar-refractivity contribution in [3.8, 4) is 0 Å². The summed E-state index contributed by atoms with van der Waals surface area (Å²) in [6.45, 7) is -0.00122. The molecule has 11 heteroatoms. The smallest absolute Gasteiger partial charge is 0.319 e. The number of aromatic nitrogens is 4. The van der Waals surface area contributed by atoms with E-state index in [0.29, 0.717) is 17.9 Å². The normalized spacial score (nSPS) is 31.7. The molecule has 0 unspecified atom stereocenters. The summed E-state index contributed by atoms with van der Waals surface area (Å²) in [5.74, 6) is 2.96. The van der Waals surface area contributed by atoms with Crippen molar-refractivity contribution in [3.63, 3.8) is 0 Å². The molecule has 2 heterocycles. The first-order chi connectivity index (χ1) is 20.4. The van der Waals surface area contributed by atoms with Crippen molar-refractivity contribution in [3.05, 3.63) is 65.2 Å². The predicted octanol–water partition coefficient (Wildman–Crippen LogP) is 5.13. The number of hydrogen-bond acceptors (Lipinski definition) is 8. The van der Waals surface area contributed by atoms with E-state index in [0.717, 1.165) is 58.9 Å². The quantitative estimate of drug-likeness (QED) is 0.309. The molecule has 3 N–H and O–H groups in total. The second kappa shape index (κ2) is 11.6. The zero-order chi connectivity index (χ0) is 28.7. The Balaban J connectivity index is 1.06. The Morgan fingerprint density at radius 1 is 1.02 bits per heavy atom. The third kappa shape index (κ3) is 5.92. The maximum absolute atomic E-state index is 13.2. The lowest BCUT2D eigenvalue weighted by Gasteiger charge is -2.56. The van der Waals surface area contributed by atoms with Crippen molar-refractivity contribution in [1.82, 2.24) is 25.5 Å². The molecule has 222 valence electrons. The van der Waals surface area contributed by atoms with E-state index in [-0.39, 0.29) is 30.4 Å². The SMILES string of the molecule is Cn1nnnc1SC[C@@H]1C[C@H](c2ccc(CO)cc2)O[C@H](c2cccc(NC(=O)NC34CC5CC(CC(C5)C3)C4)c2)O1. The molecule has 42 heavy (non-hydrogen) atoms. The van der Waals surface area contributed by atoms with E-state index in [4.69, 9.17) is 9.47 Å². The number of benzene rings is 2. The lowest BCUT2D eigenvalue weighted by molar-refractivity contribution is -0.245. The fourth-order valence-corrected chi connectivity index (χ4v) is 8.83. The third-order valence-corrected chi connectivity index (χ3v) is 10.6. The van der Waals surface area contributed by atoms with Crippen LogP contribution < -0.4 is 10.6 Å². The molecular weight excluding hydrogens is 552 g/mol. The molecule has 4 bridgehead atoms. The molecule has 8 rings (SSSR count). The predicted molar refractivity (Wildman–Crippen MR) is 157 cm³/mol. The fraction of sp³-hybridized carbons (Fsp3) is 0.548. The zero-order valence-corrected chi connectivity index (χ0v) is 24.6. The molecule has 1 aliphatic heterocycles. The van der Waals surface area contributed by atoms with Gasteiger partial charge < -0.3 is 25.2 Å². The van der Waals surface area contributed by atoms with Gasteiger partial charge >= 0.3 is 6.03 Å². The Kier molecular flexibility index (Phi) is 7.68. The van der Waals surface area contributed by atoms with Crippen LogP contribution in [0.4, 0.5) is 10.5 Å². The number of amides is 2. The van der Waals surface area contributed by atoms with Gasteiger partial charge in [0.25, 0.3) is 0 Å². The van der Waals surface area contributed by atoms with E-state index in [1.807, 2.05) is 55.6 Å². The van der Waals surface area contributed by atoms with Crippen LogP contribution in [0.2, 0.25) is 0 Å². The van der Waals surface area contributed by atoms with Gasteiger partial charge in [0.1, 0.15) is 0 Å². The number of hydrogen-bond donors (Lipinski definition) is 3. The van der Waals surface area contributed by atoms with Crippen molar-refractivity contribution >= 4 is 23.5 Å². The van der Waals surface area contributed by atoms with Crippen LogP contribution in [-0.2, 0) is 23.1 Å². The minimum atomic E-state index is -0.613. The number of aliphatic hydroxyl groups excluding tert-OH is 1. The number of urea groups is 1. The molecular formula is C31H38N6O4S. The summed E-state index contributed by atoms with van der Waals surface area (Å²) < 4.78 is 14.6. The summed E-state index contributed by atoms with van der Waals surface area (Å²) in [6, 6.07) is 15.5. The number of tetrazole rings is 1. The number of aliphatic hydroxyl groups is 1. The molecule has 5 aliphatic rings. The van der Waals surface area contributed by atoms with Gasteiger partial charge in [0.15, 0.2) is 6.29 Å². The highest BCUT2D eigenvalue weighted by Gasteiger charge is 2.51. The molecule has 2 aromatic carbocycles. The Morgan fingerprint density at radius 3 is 2.43 bits per heavy atom. The molecule has 3 aromatic rings. The molecule has 3 atom stereocenters. The lowest BCUT2D eigenvalue weighted by atomic mass is 9.53. The number of nitrogens with zero attached hydrogens (tertiary/aromatic N) is 4. The van der Waals surface area contributed by atoms with Crippen molar-refractivity contribution in [2.24, 2.45) is 24.8 Å². The zero-order valence-electron chi connectivity index (χ0n) is 23.8. The Hall–Kier alpha value is -2.99. The van der Waals surface area contributed by atoms with Crippen molar-refractivity contribution in [1.29, 1.82) is 0 Å². The van der Waals surface area contributed by atoms with Crippen LogP contribution in [0, 0.1) is 17.8 Å². The first-order valence-electron chi connectivity index (χ1n) is 15.0. The molecule has 0 radical (unpaired) electrons. The van der Waals surface area contributed by atoms with Gasteiger partial charge in [-0.1, -0.05) is 48.2 Å². The van der Waals surface area contributed by atoms with Gasteiger partial charge in [0.2, 0.25) is 5.16 Å². The Morgan fingerprint density at radius 2 is 1.76 bits per heavy atom. The fourth-order valence-electron chi connectivity index (χ4n) is 7.96. The van der Waals surface area contributed by atoms with Gasteiger partial charge in [-0.05, 0) is 90.0 Å². The molecule has 10 nitrogen and oxygen atoms in total. The largest absolute Gasteiger partial charge is 0.392 e. The van der Waals surface area contributed by atoms with E-state index in [1.54, 1.807) is 16.4 Å². The number of nitrogens with one attached hydrogen (secondary N) is 2. The number of rotatable bonds is 8. The number of aryl methyl sites for hydroxylation is 1. The Labute approximate surface area is 249 Å². The standard InChI is InChI=1S/C31H38N6O4S/c1-37-30(34-35-36-37)42-18-26-13-27(23-7-5-19(17-38)6-8-23)41-28(40-26)24-3-2-4-25(12-24)32-29(39)33-31-14-20-9-21(15-31)11-22(10-20)16-31/h2-8,12,20-22,26-28,38H,9-11,13-18H2,1H3,(H2,32,33,39)/t20?,21?,22?,26-,27+,28+,31?/m0/s1. The van der Waals surface area contributed by atoms with Crippen LogP contribution in [0.3, 0.4) is 0 Å². The van der Waals surface area contributed by atoms with Crippen LogP contribution in [-0.4, -0.2) is 48.7 Å². The number of anilines is 1. The molecule has 1 saturated heterocycles. The van der Waals surface area contributed by atoms with Gasteiger partial charge in [-0.15, -0.1) is 5.10 Å². The summed E-state index contributed by atoms with van der Waals surface area (Å²) in [4.78, 5) is 13.2. The van der Waals surface area contributed by atoms with Gasteiger partial charge in [-0.2, -0.15) is 0 Å². The second-order valence-corrected chi connectivity index (χ2v) is 13.6. The van der Waals surface area contributed by atoms with Crippen LogP contribution in [0.5, 0.6) is 0 Å².